The molecule has 0 unspecified atom stereocenters. The zero-order valence-electron chi connectivity index (χ0n) is 20.1. The number of carbonyl (C=O) groups excluding carboxylic acids is 3. The molecule has 196 valence electrons. The molecule has 8 nitrogen and oxygen atoms in total. The summed E-state index contributed by atoms with van der Waals surface area (Å²) in [4.78, 5) is 38.4. The molecule has 11 heteroatoms. The van der Waals surface area contributed by atoms with Crippen molar-refractivity contribution in [2.24, 2.45) is 0 Å². The van der Waals surface area contributed by atoms with Crippen molar-refractivity contribution in [1.82, 2.24) is 10.2 Å². The summed E-state index contributed by atoms with van der Waals surface area (Å²) in [5.74, 6) is -1.08. The predicted molar refractivity (Wildman–Crippen MR) is 147 cm³/mol. The van der Waals surface area contributed by atoms with Gasteiger partial charge < -0.3 is 20.1 Å². The van der Waals surface area contributed by atoms with Crippen LogP contribution in [-0.2, 0) is 16.2 Å². The van der Waals surface area contributed by atoms with Gasteiger partial charge in [-0.3, -0.25) is 9.59 Å². The normalized spacial score (nSPS) is 14.0. The third-order valence-corrected chi connectivity index (χ3v) is 6.60. The molecule has 1 saturated heterocycles. The van der Waals surface area contributed by atoms with Gasteiger partial charge in [0, 0.05) is 8.95 Å². The Morgan fingerprint density at radius 1 is 1.05 bits per heavy atom. The van der Waals surface area contributed by atoms with E-state index in [0.717, 1.165) is 14.9 Å². The van der Waals surface area contributed by atoms with Gasteiger partial charge in [-0.25, -0.2) is 14.1 Å². The van der Waals surface area contributed by atoms with Gasteiger partial charge in [-0.15, -0.1) is 0 Å². The molecule has 1 fully saturated rings. The van der Waals surface area contributed by atoms with Gasteiger partial charge in [0.1, 0.15) is 24.7 Å². The van der Waals surface area contributed by atoms with Gasteiger partial charge in [0.25, 0.3) is 5.91 Å². The number of benzene rings is 3. The van der Waals surface area contributed by atoms with Crippen LogP contribution in [0.1, 0.15) is 18.1 Å². The molecule has 4 rings (SSSR count). The Kier molecular flexibility index (Phi) is 8.80. The first-order chi connectivity index (χ1) is 18.2. The molecule has 1 heterocycles. The van der Waals surface area contributed by atoms with E-state index in [0.29, 0.717) is 34.7 Å². The van der Waals surface area contributed by atoms with Crippen molar-refractivity contribution in [2.75, 3.05) is 18.5 Å². The van der Waals surface area contributed by atoms with Crippen molar-refractivity contribution < 1.29 is 28.2 Å². The molecular formula is C27H22Br2FN3O5. The van der Waals surface area contributed by atoms with E-state index in [1.165, 1.54) is 24.3 Å². The highest BCUT2D eigenvalue weighted by Crippen LogP contribution is 2.36. The maximum atomic E-state index is 13.8. The highest BCUT2D eigenvalue weighted by molar-refractivity contribution is 9.10. The smallest absolute Gasteiger partial charge is 0.329 e. The number of halogens is 3. The largest absolute Gasteiger partial charge is 0.490 e. The Bertz CT molecular complexity index is 1410. The maximum Gasteiger partial charge on any atom is 0.329 e. The number of hydrogen-bond acceptors (Lipinski definition) is 5. The second-order valence-corrected chi connectivity index (χ2v) is 9.85. The molecule has 0 aliphatic carbocycles. The van der Waals surface area contributed by atoms with E-state index in [1.807, 2.05) is 31.2 Å². The number of nitrogens with zero attached hydrogens (tertiary/aromatic N) is 1. The van der Waals surface area contributed by atoms with Crippen molar-refractivity contribution in [1.29, 1.82) is 0 Å². The fourth-order valence-corrected chi connectivity index (χ4v) is 4.25. The van der Waals surface area contributed by atoms with Gasteiger partial charge >= 0.3 is 6.03 Å². The molecule has 0 bridgehead atoms. The predicted octanol–water partition coefficient (Wildman–Crippen LogP) is 5.86. The van der Waals surface area contributed by atoms with E-state index in [2.05, 4.69) is 42.5 Å². The molecule has 3 aromatic carbocycles. The van der Waals surface area contributed by atoms with Crippen LogP contribution in [0.5, 0.6) is 11.5 Å². The zero-order chi connectivity index (χ0) is 27.2. The number of urea groups is 1. The van der Waals surface area contributed by atoms with E-state index in [4.69, 9.17) is 9.47 Å². The lowest BCUT2D eigenvalue weighted by Crippen LogP contribution is -2.38. The number of anilines is 1. The van der Waals surface area contributed by atoms with Crippen LogP contribution in [0.15, 0.2) is 75.3 Å². The molecule has 0 atom stereocenters. The second-order valence-electron chi connectivity index (χ2n) is 8.08. The molecule has 0 spiro atoms. The summed E-state index contributed by atoms with van der Waals surface area (Å²) in [6.07, 6.45) is 1.47. The number of rotatable bonds is 9. The average Bonchev–Trinajstić information content (AvgIpc) is 3.14. The molecule has 38 heavy (non-hydrogen) atoms. The number of amides is 4. The number of nitrogens with one attached hydrogen (secondary N) is 2. The molecular weight excluding hydrogens is 625 g/mol. The Hall–Kier alpha value is -3.70. The molecule has 4 amide bonds. The van der Waals surface area contributed by atoms with E-state index >= 15 is 0 Å². The minimum Gasteiger partial charge on any atom is -0.490 e. The van der Waals surface area contributed by atoms with Gasteiger partial charge in [0.05, 0.1) is 12.3 Å². The average molecular weight is 647 g/mol. The molecule has 2 N–H and O–H groups in total. The Labute approximate surface area is 235 Å². The van der Waals surface area contributed by atoms with Gasteiger partial charge in [-0.1, -0.05) is 56.1 Å². The van der Waals surface area contributed by atoms with Crippen LogP contribution in [0.3, 0.4) is 0 Å². The number of imide groups is 1. The summed E-state index contributed by atoms with van der Waals surface area (Å²) in [5.41, 5.74) is 1.44. The van der Waals surface area contributed by atoms with Crippen molar-refractivity contribution in [2.45, 2.75) is 13.5 Å². The van der Waals surface area contributed by atoms with Crippen LogP contribution in [0.2, 0.25) is 0 Å². The van der Waals surface area contributed by atoms with Gasteiger partial charge in [0.2, 0.25) is 5.91 Å². The summed E-state index contributed by atoms with van der Waals surface area (Å²) in [7, 11) is 0. The Morgan fingerprint density at radius 3 is 2.47 bits per heavy atom. The lowest BCUT2D eigenvalue weighted by molar-refractivity contribution is -0.127. The van der Waals surface area contributed by atoms with Gasteiger partial charge in [-0.05, 0) is 60.5 Å². The minimum absolute atomic E-state index is 0.0274. The van der Waals surface area contributed by atoms with Crippen LogP contribution < -0.4 is 20.1 Å². The molecule has 1 aliphatic heterocycles. The molecule has 0 radical (unpaired) electrons. The summed E-state index contributed by atoms with van der Waals surface area (Å²) in [5, 5.41) is 4.83. The second kappa shape index (κ2) is 12.2. The summed E-state index contributed by atoms with van der Waals surface area (Å²) >= 11 is 6.89. The monoisotopic (exact) mass is 645 g/mol. The van der Waals surface area contributed by atoms with E-state index < -0.39 is 30.2 Å². The summed E-state index contributed by atoms with van der Waals surface area (Å²) in [6.45, 7) is 1.96. The fraction of sp³-hybridized carbons (Fsp3) is 0.148. The third kappa shape index (κ3) is 6.59. The maximum absolute atomic E-state index is 13.8. The molecule has 1 aliphatic rings. The van der Waals surface area contributed by atoms with Crippen LogP contribution in [0, 0.1) is 5.82 Å². The lowest BCUT2D eigenvalue weighted by atomic mass is 10.1. The van der Waals surface area contributed by atoms with Crippen molar-refractivity contribution >= 4 is 61.5 Å². The number of carbonyl (C=O) groups is 3. The first kappa shape index (κ1) is 27.3. The quantitative estimate of drug-likeness (QED) is 0.224. The standard InChI is InChI=1S/C27H22Br2FN3O5/c1-2-37-23-12-17(19(29)13-24(23)38-15-16-7-9-18(28)10-8-16)11-22-26(35)33(27(36)32-22)14-25(34)31-21-6-4-3-5-20(21)30/h3-13H,2,14-15H2,1H3,(H,31,34)(H,32,36)/b22-11+. The van der Waals surface area contributed by atoms with E-state index in [9.17, 15) is 18.8 Å². The molecule has 3 aromatic rings. The topological polar surface area (TPSA) is 97.0 Å². The Morgan fingerprint density at radius 2 is 1.76 bits per heavy atom. The summed E-state index contributed by atoms with van der Waals surface area (Å²) in [6, 6.07) is 16.0. The van der Waals surface area contributed by atoms with Crippen LogP contribution >= 0.6 is 31.9 Å². The lowest BCUT2D eigenvalue weighted by Gasteiger charge is -2.14. The van der Waals surface area contributed by atoms with E-state index in [-0.39, 0.29) is 11.4 Å². The fourth-order valence-electron chi connectivity index (χ4n) is 3.55. The van der Waals surface area contributed by atoms with E-state index in [1.54, 1.807) is 18.2 Å². The van der Waals surface area contributed by atoms with Crippen molar-refractivity contribution in [3.63, 3.8) is 0 Å². The summed E-state index contributed by atoms with van der Waals surface area (Å²) < 4.78 is 27.1. The van der Waals surface area contributed by atoms with Crippen LogP contribution in [0.25, 0.3) is 6.08 Å². The highest BCUT2D eigenvalue weighted by Gasteiger charge is 2.35. The first-order valence-electron chi connectivity index (χ1n) is 11.5. The Balaban J connectivity index is 1.49. The van der Waals surface area contributed by atoms with Crippen LogP contribution in [-0.4, -0.2) is 35.9 Å². The van der Waals surface area contributed by atoms with Crippen LogP contribution in [0.4, 0.5) is 14.9 Å². The van der Waals surface area contributed by atoms with Gasteiger partial charge in [-0.2, -0.15) is 0 Å². The third-order valence-electron chi connectivity index (χ3n) is 5.38. The molecule has 0 saturated carbocycles. The zero-order valence-corrected chi connectivity index (χ0v) is 23.3. The number of para-hydroxylation sites is 1. The molecule has 0 aromatic heterocycles. The van der Waals surface area contributed by atoms with Crippen molar-refractivity contribution in [3.8, 4) is 11.5 Å². The minimum atomic E-state index is -0.763. The number of ether oxygens (including phenoxy) is 2. The first-order valence-corrected chi connectivity index (χ1v) is 13.1. The SMILES string of the molecule is CCOc1cc(/C=C2/NC(=O)N(CC(=O)Nc3ccccc3F)C2=O)c(Br)cc1OCc1ccc(Br)cc1. The highest BCUT2D eigenvalue weighted by atomic mass is 79.9. The van der Waals surface area contributed by atoms with Crippen molar-refractivity contribution in [3.05, 3.63) is 92.3 Å². The number of hydrogen-bond donors (Lipinski definition) is 2. The van der Waals surface area contributed by atoms with Gasteiger partial charge in [0.15, 0.2) is 11.5 Å².